The summed E-state index contributed by atoms with van der Waals surface area (Å²) in [5.74, 6) is 0.235. The summed E-state index contributed by atoms with van der Waals surface area (Å²) in [6.07, 6.45) is 8.52. The van der Waals surface area contributed by atoms with E-state index in [1.807, 2.05) is 18.2 Å². The fourth-order valence-corrected chi connectivity index (χ4v) is 2.17. The second kappa shape index (κ2) is 5.65. The third kappa shape index (κ3) is 3.19. The van der Waals surface area contributed by atoms with Crippen molar-refractivity contribution < 1.29 is 4.79 Å². The highest BCUT2D eigenvalue weighted by atomic mass is 35.5. The number of allylic oxidation sites excluding steroid dienone is 2. The molecule has 1 aliphatic rings. The average Bonchev–Trinajstić information content (AvgIpc) is 2.24. The van der Waals surface area contributed by atoms with Gasteiger partial charge in [0.05, 0.1) is 0 Å². The minimum atomic E-state index is -0.117. The zero-order valence-corrected chi connectivity index (χ0v) is 11.0. The fraction of sp³-hybridized carbons (Fsp3) is 0.615. The Bertz CT molecular complexity index is 318. The molecule has 1 unspecified atom stereocenters. The van der Waals surface area contributed by atoms with Gasteiger partial charge >= 0.3 is 0 Å². The Morgan fingerprint density at radius 2 is 2.25 bits per heavy atom. The molecule has 0 aromatic heterocycles. The van der Waals surface area contributed by atoms with Crippen molar-refractivity contribution >= 4 is 17.6 Å². The number of rotatable bonds is 5. The smallest absolute Gasteiger partial charge is 0.162 e. The Hall–Kier alpha value is -0.600. The lowest BCUT2D eigenvalue weighted by Gasteiger charge is -2.31. The third-order valence-electron chi connectivity index (χ3n) is 2.99. The van der Waals surface area contributed by atoms with Gasteiger partial charge in [-0.25, -0.2) is 4.84 Å². The molecule has 3 heteroatoms. The van der Waals surface area contributed by atoms with E-state index in [9.17, 15) is 4.79 Å². The van der Waals surface area contributed by atoms with Crippen molar-refractivity contribution in [3.8, 4) is 0 Å². The number of hydrogen-bond donors (Lipinski definition) is 1. The predicted molar refractivity (Wildman–Crippen MR) is 68.3 cm³/mol. The second-order valence-electron chi connectivity index (χ2n) is 4.89. The van der Waals surface area contributed by atoms with Gasteiger partial charge in [0.1, 0.15) is 0 Å². The van der Waals surface area contributed by atoms with E-state index in [0.717, 1.165) is 18.4 Å². The fourth-order valence-electron chi connectivity index (χ4n) is 1.82. The van der Waals surface area contributed by atoms with Crippen LogP contribution in [-0.4, -0.2) is 11.8 Å². The van der Waals surface area contributed by atoms with Gasteiger partial charge in [0.15, 0.2) is 5.78 Å². The number of carbonyl (C=O) groups is 1. The van der Waals surface area contributed by atoms with E-state index in [1.165, 1.54) is 0 Å². The Kier molecular flexibility index (Phi) is 4.75. The van der Waals surface area contributed by atoms with Gasteiger partial charge in [-0.2, -0.15) is 0 Å². The molecule has 0 radical (unpaired) electrons. The van der Waals surface area contributed by atoms with Crippen LogP contribution in [0.4, 0.5) is 0 Å². The quantitative estimate of drug-likeness (QED) is 0.748. The van der Waals surface area contributed by atoms with Crippen molar-refractivity contribution in [2.75, 3.05) is 0 Å². The van der Waals surface area contributed by atoms with Crippen LogP contribution in [0, 0.1) is 5.41 Å². The van der Waals surface area contributed by atoms with E-state index in [1.54, 1.807) is 0 Å². The molecule has 90 valence electrons. The summed E-state index contributed by atoms with van der Waals surface area (Å²) >= 11 is 5.66. The Morgan fingerprint density at radius 3 is 2.75 bits per heavy atom. The van der Waals surface area contributed by atoms with Crippen molar-refractivity contribution in [3.63, 3.8) is 0 Å². The summed E-state index contributed by atoms with van der Waals surface area (Å²) in [5, 5.41) is 0. The SMILES string of the molecule is CCCCC(=O)C1=CC(C)(C)C(NCl)C=C1. The molecule has 0 aliphatic heterocycles. The topological polar surface area (TPSA) is 29.1 Å². The number of carbonyl (C=O) groups excluding carboxylic acids is 1. The highest BCUT2D eigenvalue weighted by Gasteiger charge is 2.29. The molecule has 0 saturated carbocycles. The zero-order chi connectivity index (χ0) is 12.2. The lowest BCUT2D eigenvalue weighted by atomic mass is 9.78. The molecule has 1 rings (SSSR count). The molecule has 0 aromatic carbocycles. The number of ketones is 1. The number of nitrogens with one attached hydrogen (secondary N) is 1. The maximum Gasteiger partial charge on any atom is 0.162 e. The third-order valence-corrected chi connectivity index (χ3v) is 3.23. The van der Waals surface area contributed by atoms with Crippen LogP contribution in [0.5, 0.6) is 0 Å². The van der Waals surface area contributed by atoms with E-state index < -0.39 is 0 Å². The standard InChI is InChI=1S/C13H20ClNO/c1-4-5-6-11(16)10-7-8-12(15-14)13(2,3)9-10/h7-9,12,15H,4-6H2,1-3H3. The second-order valence-corrected chi connectivity index (χ2v) is 5.11. The number of Topliss-reactive ketones (excluding diaryl/α,β-unsaturated/α-hetero) is 1. The van der Waals surface area contributed by atoms with Gasteiger partial charge in [-0.1, -0.05) is 45.4 Å². The Balaban J connectivity index is 2.74. The van der Waals surface area contributed by atoms with Crippen LogP contribution in [0.1, 0.15) is 40.0 Å². The first-order valence-electron chi connectivity index (χ1n) is 5.81. The molecule has 1 N–H and O–H groups in total. The van der Waals surface area contributed by atoms with Gasteiger partial charge in [-0.05, 0) is 18.2 Å². The molecule has 0 saturated heterocycles. The lowest BCUT2D eigenvalue weighted by molar-refractivity contribution is -0.115. The molecule has 2 nitrogen and oxygen atoms in total. The molecule has 0 fully saturated rings. The van der Waals surface area contributed by atoms with Crippen molar-refractivity contribution in [2.45, 2.75) is 46.1 Å². The first kappa shape index (κ1) is 13.5. The Labute approximate surface area is 103 Å². The predicted octanol–water partition coefficient (Wildman–Crippen LogP) is 3.38. The van der Waals surface area contributed by atoms with E-state index in [4.69, 9.17) is 11.8 Å². The molecule has 0 bridgehead atoms. The number of unbranched alkanes of at least 4 members (excludes halogenated alkanes) is 1. The summed E-state index contributed by atoms with van der Waals surface area (Å²) in [5.41, 5.74) is 0.704. The zero-order valence-electron chi connectivity index (χ0n) is 10.2. The molecular weight excluding hydrogens is 222 g/mol. The van der Waals surface area contributed by atoms with Crippen molar-refractivity contribution in [2.24, 2.45) is 5.41 Å². The van der Waals surface area contributed by atoms with Crippen LogP contribution in [0.15, 0.2) is 23.8 Å². The Morgan fingerprint density at radius 1 is 1.56 bits per heavy atom. The average molecular weight is 242 g/mol. The van der Waals surface area contributed by atoms with Crippen LogP contribution < -0.4 is 4.84 Å². The van der Waals surface area contributed by atoms with Crippen molar-refractivity contribution in [1.82, 2.24) is 4.84 Å². The first-order chi connectivity index (χ1) is 7.51. The number of halogens is 1. The highest BCUT2D eigenvalue weighted by Crippen LogP contribution is 2.30. The summed E-state index contributed by atoms with van der Waals surface area (Å²) in [4.78, 5) is 14.6. The minimum Gasteiger partial charge on any atom is -0.294 e. The van der Waals surface area contributed by atoms with Crippen LogP contribution in [0.2, 0.25) is 0 Å². The summed E-state index contributed by atoms with van der Waals surface area (Å²) in [7, 11) is 0. The maximum absolute atomic E-state index is 11.9. The normalized spacial score (nSPS) is 23.0. The van der Waals surface area contributed by atoms with Crippen LogP contribution in [0.25, 0.3) is 0 Å². The summed E-state index contributed by atoms with van der Waals surface area (Å²) in [6, 6.07) is 0.0805. The maximum atomic E-state index is 11.9. The molecule has 0 spiro atoms. The van der Waals surface area contributed by atoms with Crippen molar-refractivity contribution in [1.29, 1.82) is 0 Å². The van der Waals surface area contributed by atoms with E-state index in [0.29, 0.717) is 6.42 Å². The molecule has 1 aliphatic carbocycles. The largest absolute Gasteiger partial charge is 0.294 e. The highest BCUT2D eigenvalue weighted by molar-refractivity contribution is 6.13. The summed E-state index contributed by atoms with van der Waals surface area (Å²) < 4.78 is 0. The molecule has 0 heterocycles. The first-order valence-corrected chi connectivity index (χ1v) is 6.19. The van der Waals surface area contributed by atoms with Crippen LogP contribution >= 0.6 is 11.8 Å². The minimum absolute atomic E-state index is 0.0805. The molecular formula is C13H20ClNO. The van der Waals surface area contributed by atoms with Gasteiger partial charge < -0.3 is 0 Å². The lowest BCUT2D eigenvalue weighted by Crippen LogP contribution is -2.36. The van der Waals surface area contributed by atoms with E-state index >= 15 is 0 Å². The summed E-state index contributed by atoms with van der Waals surface area (Å²) in [6.45, 7) is 6.24. The van der Waals surface area contributed by atoms with E-state index in [2.05, 4.69) is 25.6 Å². The van der Waals surface area contributed by atoms with Crippen LogP contribution in [-0.2, 0) is 4.79 Å². The molecule has 1 atom stereocenters. The van der Waals surface area contributed by atoms with Gasteiger partial charge in [-0.3, -0.25) is 4.79 Å². The van der Waals surface area contributed by atoms with Gasteiger partial charge in [-0.15, -0.1) is 0 Å². The number of hydrogen-bond acceptors (Lipinski definition) is 2. The van der Waals surface area contributed by atoms with Gasteiger partial charge in [0.25, 0.3) is 0 Å². The van der Waals surface area contributed by atoms with Gasteiger partial charge in [0.2, 0.25) is 0 Å². The molecule has 0 aromatic rings. The van der Waals surface area contributed by atoms with Gasteiger partial charge in [0, 0.05) is 23.5 Å². The molecule has 16 heavy (non-hydrogen) atoms. The van der Waals surface area contributed by atoms with E-state index in [-0.39, 0.29) is 17.2 Å². The van der Waals surface area contributed by atoms with Crippen molar-refractivity contribution in [3.05, 3.63) is 23.8 Å². The molecule has 0 amide bonds. The van der Waals surface area contributed by atoms with Crippen LogP contribution in [0.3, 0.4) is 0 Å². The monoisotopic (exact) mass is 241 g/mol.